The van der Waals surface area contributed by atoms with Crippen LogP contribution in [0.4, 0.5) is 4.79 Å². The molecule has 0 bridgehead atoms. The first-order chi connectivity index (χ1) is 4.66. The number of hydrogen-bond donors (Lipinski definition) is 1. The second-order valence-corrected chi connectivity index (χ2v) is 1.84. The Labute approximate surface area is 59.7 Å². The maximum Gasteiger partial charge on any atom is 0.505 e. The van der Waals surface area contributed by atoms with Crippen molar-refractivity contribution in [3.05, 3.63) is 0 Å². The van der Waals surface area contributed by atoms with Crippen LogP contribution >= 0.6 is 0 Å². The van der Waals surface area contributed by atoms with Gasteiger partial charge in [0.15, 0.2) is 0 Å². The van der Waals surface area contributed by atoms with Crippen LogP contribution in [0.15, 0.2) is 0 Å². The van der Waals surface area contributed by atoms with Gasteiger partial charge >= 0.3 is 6.16 Å². The van der Waals surface area contributed by atoms with Gasteiger partial charge in [0, 0.05) is 6.61 Å². The summed E-state index contributed by atoms with van der Waals surface area (Å²) in [6.45, 7) is 4.27. The van der Waals surface area contributed by atoms with E-state index in [-0.39, 0.29) is 12.7 Å². The zero-order chi connectivity index (χ0) is 7.98. The molecule has 10 heavy (non-hydrogen) atoms. The summed E-state index contributed by atoms with van der Waals surface area (Å²) in [5.74, 6) is 0. The van der Waals surface area contributed by atoms with Gasteiger partial charge in [0.25, 0.3) is 0 Å². The van der Waals surface area contributed by atoms with Crippen LogP contribution in [-0.2, 0) is 9.47 Å². The lowest BCUT2D eigenvalue weighted by molar-refractivity contribution is 0.00702. The quantitative estimate of drug-likeness (QED) is 0.606. The van der Waals surface area contributed by atoms with E-state index in [1.807, 2.05) is 6.92 Å². The maximum absolute atomic E-state index is 9.83. The van der Waals surface area contributed by atoms with Crippen molar-refractivity contribution in [2.45, 2.75) is 20.0 Å². The molecule has 1 N–H and O–H groups in total. The van der Waals surface area contributed by atoms with Crippen molar-refractivity contribution < 1.29 is 19.4 Å². The first-order valence-corrected chi connectivity index (χ1v) is 3.14. The molecule has 0 heterocycles. The van der Waals surface area contributed by atoms with Crippen molar-refractivity contribution in [3.63, 3.8) is 0 Å². The minimum atomic E-state index is -1.26. The first-order valence-electron chi connectivity index (χ1n) is 3.14. The fourth-order valence-electron chi connectivity index (χ4n) is 0.521. The van der Waals surface area contributed by atoms with Gasteiger partial charge in [-0.25, -0.2) is 4.79 Å². The molecule has 0 aromatic rings. The number of carboxylic acid groups (broad SMARTS) is 1. The summed E-state index contributed by atoms with van der Waals surface area (Å²) in [6.07, 6.45) is -1.41. The molecule has 1 atom stereocenters. The third-order valence-corrected chi connectivity index (χ3v) is 0.893. The summed E-state index contributed by atoms with van der Waals surface area (Å²) in [5.41, 5.74) is 0. The molecule has 0 amide bonds. The lowest BCUT2D eigenvalue weighted by Crippen LogP contribution is -2.17. The van der Waals surface area contributed by atoms with Crippen molar-refractivity contribution in [1.29, 1.82) is 0 Å². The van der Waals surface area contributed by atoms with E-state index < -0.39 is 6.16 Å². The molecule has 0 radical (unpaired) electrons. The average molecular weight is 148 g/mol. The van der Waals surface area contributed by atoms with E-state index in [2.05, 4.69) is 4.74 Å². The summed E-state index contributed by atoms with van der Waals surface area (Å²) >= 11 is 0. The van der Waals surface area contributed by atoms with Crippen LogP contribution in [0.5, 0.6) is 0 Å². The van der Waals surface area contributed by atoms with Crippen molar-refractivity contribution in [1.82, 2.24) is 0 Å². The summed E-state index contributed by atoms with van der Waals surface area (Å²) < 4.78 is 9.25. The zero-order valence-corrected chi connectivity index (χ0v) is 6.16. The van der Waals surface area contributed by atoms with Gasteiger partial charge in [0.2, 0.25) is 0 Å². The third-order valence-electron chi connectivity index (χ3n) is 0.893. The molecule has 0 aromatic heterocycles. The fraction of sp³-hybridized carbons (Fsp3) is 0.833. The minimum Gasteiger partial charge on any atom is -0.450 e. The van der Waals surface area contributed by atoms with Gasteiger partial charge in [0.05, 0.1) is 6.10 Å². The highest BCUT2D eigenvalue weighted by molar-refractivity contribution is 5.56. The van der Waals surface area contributed by atoms with Gasteiger partial charge < -0.3 is 14.6 Å². The van der Waals surface area contributed by atoms with E-state index in [0.29, 0.717) is 6.61 Å². The van der Waals surface area contributed by atoms with Gasteiger partial charge in [-0.1, -0.05) is 0 Å². The molecule has 0 aliphatic heterocycles. The maximum atomic E-state index is 9.83. The third kappa shape index (κ3) is 5.37. The molecule has 4 nitrogen and oxygen atoms in total. The minimum absolute atomic E-state index is 0.100. The monoisotopic (exact) mass is 148 g/mol. The van der Waals surface area contributed by atoms with Gasteiger partial charge in [-0.2, -0.15) is 0 Å². The molecule has 0 aromatic carbocycles. The number of carbonyl (C=O) groups is 1. The predicted molar refractivity (Wildman–Crippen MR) is 35.1 cm³/mol. The number of rotatable bonds is 4. The fourth-order valence-corrected chi connectivity index (χ4v) is 0.521. The molecular formula is C6H12O4. The lowest BCUT2D eigenvalue weighted by atomic mass is 10.4. The highest BCUT2D eigenvalue weighted by Gasteiger charge is 2.03. The number of ether oxygens (including phenoxy) is 2. The molecular weight excluding hydrogens is 136 g/mol. The van der Waals surface area contributed by atoms with Crippen LogP contribution in [0.3, 0.4) is 0 Å². The molecule has 60 valence electrons. The van der Waals surface area contributed by atoms with E-state index in [4.69, 9.17) is 9.84 Å². The molecule has 1 unspecified atom stereocenters. The highest BCUT2D eigenvalue weighted by Crippen LogP contribution is 1.90. The molecule has 0 fully saturated rings. The van der Waals surface area contributed by atoms with Crippen molar-refractivity contribution in [2.24, 2.45) is 0 Å². The van der Waals surface area contributed by atoms with Crippen molar-refractivity contribution >= 4 is 6.16 Å². The van der Waals surface area contributed by atoms with Gasteiger partial charge in [-0.3, -0.25) is 0 Å². The average Bonchev–Trinajstić information content (AvgIpc) is 1.85. The normalized spacial score (nSPS) is 12.6. The Kier molecular flexibility index (Phi) is 4.66. The van der Waals surface area contributed by atoms with Crippen molar-refractivity contribution in [2.75, 3.05) is 13.2 Å². The van der Waals surface area contributed by atoms with E-state index in [0.717, 1.165) is 0 Å². The van der Waals surface area contributed by atoms with Gasteiger partial charge in [0.1, 0.15) is 6.61 Å². The summed E-state index contributed by atoms with van der Waals surface area (Å²) in [5, 5.41) is 8.05. The summed E-state index contributed by atoms with van der Waals surface area (Å²) in [7, 11) is 0. The topological polar surface area (TPSA) is 55.8 Å². The number of hydrogen-bond acceptors (Lipinski definition) is 3. The van der Waals surface area contributed by atoms with Crippen LogP contribution in [0, 0.1) is 0 Å². The van der Waals surface area contributed by atoms with Crippen LogP contribution in [-0.4, -0.2) is 30.6 Å². The van der Waals surface area contributed by atoms with E-state index in [1.54, 1.807) is 6.92 Å². The van der Waals surface area contributed by atoms with Crippen LogP contribution in [0.2, 0.25) is 0 Å². The molecule has 0 saturated carbocycles. The SMILES string of the molecule is CCOC(C)COC(=O)O. The molecule has 0 saturated heterocycles. The van der Waals surface area contributed by atoms with Crippen LogP contribution in [0.25, 0.3) is 0 Å². The van der Waals surface area contributed by atoms with Gasteiger partial charge in [-0.05, 0) is 13.8 Å². The second kappa shape index (κ2) is 5.05. The predicted octanol–water partition coefficient (Wildman–Crippen LogP) is 1.11. The van der Waals surface area contributed by atoms with E-state index in [9.17, 15) is 4.79 Å². The van der Waals surface area contributed by atoms with Gasteiger partial charge in [-0.15, -0.1) is 0 Å². The van der Waals surface area contributed by atoms with E-state index >= 15 is 0 Å². The van der Waals surface area contributed by atoms with Crippen LogP contribution < -0.4 is 0 Å². The Morgan fingerprint density at radius 1 is 1.70 bits per heavy atom. The standard InChI is InChI=1S/C6H12O4/c1-3-9-5(2)4-10-6(7)8/h5H,3-4H2,1-2H3,(H,7,8). The molecule has 4 heteroatoms. The zero-order valence-electron chi connectivity index (χ0n) is 6.16. The van der Waals surface area contributed by atoms with Crippen molar-refractivity contribution in [3.8, 4) is 0 Å². The summed E-state index contributed by atoms with van der Waals surface area (Å²) in [6, 6.07) is 0. The largest absolute Gasteiger partial charge is 0.505 e. The van der Waals surface area contributed by atoms with Crippen LogP contribution in [0.1, 0.15) is 13.8 Å². The Morgan fingerprint density at radius 2 is 2.30 bits per heavy atom. The lowest BCUT2D eigenvalue weighted by Gasteiger charge is -2.09. The second-order valence-electron chi connectivity index (χ2n) is 1.84. The Morgan fingerprint density at radius 3 is 2.70 bits per heavy atom. The highest BCUT2D eigenvalue weighted by atomic mass is 16.7. The summed E-state index contributed by atoms with van der Waals surface area (Å²) in [4.78, 5) is 9.83. The molecule has 0 aliphatic rings. The smallest absolute Gasteiger partial charge is 0.450 e. The Balaban J connectivity index is 3.21. The first kappa shape index (κ1) is 9.23. The van der Waals surface area contributed by atoms with E-state index in [1.165, 1.54) is 0 Å². The Hall–Kier alpha value is -0.770. The molecule has 0 aliphatic carbocycles. The molecule has 0 spiro atoms. The molecule has 0 rings (SSSR count). The Bertz CT molecular complexity index is 102.